The number of esters is 1. The Balaban J connectivity index is 1.33. The Kier molecular flexibility index (Phi) is 5.34. The second-order valence-corrected chi connectivity index (χ2v) is 7.67. The highest BCUT2D eigenvalue weighted by atomic mass is 16.5. The molecule has 0 saturated carbocycles. The van der Waals surface area contributed by atoms with Gasteiger partial charge >= 0.3 is 5.97 Å². The molecule has 3 aromatic carbocycles. The smallest absolute Gasteiger partial charge is 0.310 e. The van der Waals surface area contributed by atoms with E-state index in [2.05, 4.69) is 4.98 Å². The first-order valence-corrected chi connectivity index (χ1v) is 10.5. The Labute approximate surface area is 185 Å². The van der Waals surface area contributed by atoms with Crippen LogP contribution in [-0.4, -0.2) is 30.1 Å². The highest BCUT2D eigenvalue weighted by Crippen LogP contribution is 2.39. The Bertz CT molecular complexity index is 1270. The minimum atomic E-state index is -0.444. The second kappa shape index (κ2) is 8.59. The molecule has 4 aromatic rings. The van der Waals surface area contributed by atoms with E-state index < -0.39 is 5.97 Å². The van der Waals surface area contributed by atoms with E-state index in [9.17, 15) is 9.59 Å². The minimum Gasteiger partial charge on any atom is -0.489 e. The SMILES string of the molecule is O=C(Cc1c[nH]c2ccccc12)OCC(=O)N1c2ccccc2OCC1c1ccccc1. The third kappa shape index (κ3) is 3.83. The lowest BCUT2D eigenvalue weighted by molar-refractivity contribution is -0.147. The van der Waals surface area contributed by atoms with Crippen molar-refractivity contribution in [1.29, 1.82) is 0 Å². The number of aromatic nitrogens is 1. The molecule has 1 atom stereocenters. The minimum absolute atomic E-state index is 0.0963. The number of nitrogens with zero attached hydrogens (tertiary/aromatic N) is 1. The normalized spacial score (nSPS) is 15.1. The van der Waals surface area contributed by atoms with Gasteiger partial charge in [0.25, 0.3) is 5.91 Å². The predicted octanol–water partition coefficient (Wildman–Crippen LogP) is 4.42. The first-order chi connectivity index (χ1) is 15.7. The fraction of sp³-hybridized carbons (Fsp3) is 0.154. The molecule has 160 valence electrons. The van der Waals surface area contributed by atoms with E-state index in [1.54, 1.807) is 11.1 Å². The average Bonchev–Trinajstić information content (AvgIpc) is 3.25. The molecule has 0 radical (unpaired) electrons. The van der Waals surface area contributed by atoms with E-state index >= 15 is 0 Å². The Morgan fingerprint density at radius 1 is 0.969 bits per heavy atom. The molecule has 0 fully saturated rings. The van der Waals surface area contributed by atoms with E-state index in [0.717, 1.165) is 22.0 Å². The van der Waals surface area contributed by atoms with Crippen LogP contribution in [0.3, 0.4) is 0 Å². The summed E-state index contributed by atoms with van der Waals surface area (Å²) in [7, 11) is 0. The van der Waals surface area contributed by atoms with Gasteiger partial charge in [-0.2, -0.15) is 0 Å². The molecule has 1 amide bonds. The van der Waals surface area contributed by atoms with Crippen molar-refractivity contribution in [3.8, 4) is 5.75 Å². The molecule has 1 aliphatic rings. The fourth-order valence-corrected chi connectivity index (χ4v) is 4.11. The molecule has 1 aliphatic heterocycles. The number of rotatable bonds is 5. The molecule has 1 unspecified atom stereocenters. The van der Waals surface area contributed by atoms with Gasteiger partial charge in [-0.15, -0.1) is 0 Å². The maximum atomic E-state index is 13.3. The van der Waals surface area contributed by atoms with Gasteiger partial charge < -0.3 is 14.5 Å². The number of hydrogen-bond acceptors (Lipinski definition) is 4. The number of amides is 1. The van der Waals surface area contributed by atoms with Crippen LogP contribution in [0.25, 0.3) is 10.9 Å². The molecule has 5 rings (SSSR count). The molecule has 0 bridgehead atoms. The molecular weight excluding hydrogens is 404 g/mol. The number of ether oxygens (including phenoxy) is 2. The van der Waals surface area contributed by atoms with Gasteiger partial charge in [0, 0.05) is 17.1 Å². The Hall–Kier alpha value is -4.06. The molecule has 32 heavy (non-hydrogen) atoms. The first-order valence-electron chi connectivity index (χ1n) is 10.5. The molecule has 0 spiro atoms. The monoisotopic (exact) mass is 426 g/mol. The lowest BCUT2D eigenvalue weighted by Gasteiger charge is -2.37. The van der Waals surface area contributed by atoms with E-state index in [1.165, 1.54) is 0 Å². The zero-order chi connectivity index (χ0) is 21.9. The van der Waals surface area contributed by atoms with Gasteiger partial charge in [0.2, 0.25) is 0 Å². The molecule has 1 aromatic heterocycles. The summed E-state index contributed by atoms with van der Waals surface area (Å²) in [6, 6.07) is 24.6. The summed E-state index contributed by atoms with van der Waals surface area (Å²) < 4.78 is 11.3. The van der Waals surface area contributed by atoms with Gasteiger partial charge in [0.15, 0.2) is 6.61 Å². The number of benzene rings is 3. The van der Waals surface area contributed by atoms with Gasteiger partial charge in [-0.05, 0) is 29.3 Å². The average molecular weight is 426 g/mol. The van der Waals surface area contributed by atoms with E-state index in [4.69, 9.17) is 9.47 Å². The number of nitrogens with one attached hydrogen (secondary N) is 1. The summed E-state index contributed by atoms with van der Waals surface area (Å²) in [6.07, 6.45) is 1.90. The second-order valence-electron chi connectivity index (χ2n) is 7.67. The lowest BCUT2D eigenvalue weighted by Crippen LogP contribution is -2.43. The lowest BCUT2D eigenvalue weighted by atomic mass is 10.0. The summed E-state index contributed by atoms with van der Waals surface area (Å²) >= 11 is 0. The summed E-state index contributed by atoms with van der Waals surface area (Å²) in [5.41, 5.74) is 3.43. The van der Waals surface area contributed by atoms with Gasteiger partial charge in [-0.1, -0.05) is 60.7 Å². The summed E-state index contributed by atoms with van der Waals surface area (Å²) in [5.74, 6) is -0.0964. The largest absolute Gasteiger partial charge is 0.489 e. The number of aromatic amines is 1. The van der Waals surface area contributed by atoms with Crippen LogP contribution in [0, 0.1) is 0 Å². The maximum Gasteiger partial charge on any atom is 0.310 e. The molecule has 0 aliphatic carbocycles. The van der Waals surface area contributed by atoms with Crippen LogP contribution in [0.2, 0.25) is 0 Å². The molecule has 1 N–H and O–H groups in total. The Morgan fingerprint density at radius 3 is 2.59 bits per heavy atom. The van der Waals surface area contributed by atoms with Crippen LogP contribution in [0.4, 0.5) is 5.69 Å². The predicted molar refractivity (Wildman–Crippen MR) is 122 cm³/mol. The molecule has 2 heterocycles. The maximum absolute atomic E-state index is 13.3. The van der Waals surface area contributed by atoms with Crippen molar-refractivity contribution in [2.45, 2.75) is 12.5 Å². The number of carbonyl (C=O) groups excluding carboxylic acids is 2. The third-order valence-corrected chi connectivity index (χ3v) is 5.65. The summed E-state index contributed by atoms with van der Waals surface area (Å²) in [5, 5.41) is 0.974. The highest BCUT2D eigenvalue weighted by Gasteiger charge is 2.33. The molecule has 0 saturated heterocycles. The number of anilines is 1. The number of fused-ring (bicyclic) bond motifs is 2. The number of H-pyrrole nitrogens is 1. The molecular formula is C26H22N2O4. The molecule has 6 nitrogen and oxygen atoms in total. The fourth-order valence-electron chi connectivity index (χ4n) is 4.11. The van der Waals surface area contributed by atoms with Crippen molar-refractivity contribution < 1.29 is 19.1 Å². The third-order valence-electron chi connectivity index (χ3n) is 5.65. The van der Waals surface area contributed by atoms with Gasteiger partial charge in [0.1, 0.15) is 12.4 Å². The number of hydrogen-bond donors (Lipinski definition) is 1. The highest BCUT2D eigenvalue weighted by molar-refractivity contribution is 5.98. The quantitative estimate of drug-likeness (QED) is 0.480. The van der Waals surface area contributed by atoms with Crippen LogP contribution < -0.4 is 9.64 Å². The van der Waals surface area contributed by atoms with Gasteiger partial charge in [-0.3, -0.25) is 14.5 Å². The van der Waals surface area contributed by atoms with Crippen LogP contribution in [-0.2, 0) is 20.7 Å². The van der Waals surface area contributed by atoms with Crippen molar-refractivity contribution in [2.75, 3.05) is 18.1 Å². The molecule has 6 heteroatoms. The van der Waals surface area contributed by atoms with Crippen molar-refractivity contribution in [3.63, 3.8) is 0 Å². The zero-order valence-corrected chi connectivity index (χ0v) is 17.4. The van der Waals surface area contributed by atoms with E-state index in [1.807, 2.05) is 78.9 Å². The van der Waals surface area contributed by atoms with Gasteiger partial charge in [0.05, 0.1) is 18.2 Å². The first kappa shape index (κ1) is 19.9. The van der Waals surface area contributed by atoms with Gasteiger partial charge in [-0.25, -0.2) is 0 Å². The number of para-hydroxylation sites is 3. The summed E-state index contributed by atoms with van der Waals surface area (Å²) in [4.78, 5) is 30.6. The standard InChI is InChI=1S/C26H22N2O4/c29-25(17-32-26(30)14-19-15-27-21-11-5-4-10-20(19)21)28-22-12-6-7-13-24(22)31-16-23(28)18-8-2-1-3-9-18/h1-13,15,23,27H,14,16-17H2. The van der Waals surface area contributed by atoms with Crippen molar-refractivity contribution in [1.82, 2.24) is 4.98 Å². The van der Waals surface area contributed by atoms with Crippen LogP contribution in [0.1, 0.15) is 17.2 Å². The number of carbonyl (C=O) groups is 2. The van der Waals surface area contributed by atoms with Crippen molar-refractivity contribution >= 4 is 28.5 Å². The summed E-state index contributed by atoms with van der Waals surface area (Å²) in [6.45, 7) is -0.00505. The van der Waals surface area contributed by atoms with Crippen molar-refractivity contribution in [3.05, 3.63) is 96.2 Å². The van der Waals surface area contributed by atoms with Crippen LogP contribution in [0.5, 0.6) is 5.75 Å². The van der Waals surface area contributed by atoms with E-state index in [0.29, 0.717) is 18.0 Å². The van der Waals surface area contributed by atoms with E-state index in [-0.39, 0.29) is 25.0 Å². The topological polar surface area (TPSA) is 71.6 Å². The van der Waals surface area contributed by atoms with Crippen LogP contribution >= 0.6 is 0 Å². The zero-order valence-electron chi connectivity index (χ0n) is 17.4. The van der Waals surface area contributed by atoms with Crippen LogP contribution in [0.15, 0.2) is 85.1 Å². The van der Waals surface area contributed by atoms with Crippen molar-refractivity contribution in [2.24, 2.45) is 0 Å². The Morgan fingerprint density at radius 2 is 1.72 bits per heavy atom.